The van der Waals surface area contributed by atoms with Crippen molar-refractivity contribution in [2.45, 2.75) is 201 Å². The number of hydrogen-bond acceptors (Lipinski definition) is 6. The maximum Gasteiger partial charge on any atom is 0.307 e. The van der Waals surface area contributed by atoms with Crippen LogP contribution in [0.3, 0.4) is 0 Å². The minimum Gasteiger partial charge on any atom is -0.466 e. The number of rotatable bonds is 30. The SMILES string of the molecule is CCCCCCCCCCCCOC(=O)CCN(CCC(=O)OCCCCCCCCCCCC)CC1(C)CC(N)CC(C)(C)C1. The van der Waals surface area contributed by atoms with E-state index in [-0.39, 0.29) is 28.8 Å². The molecular formula is C40H78N2O4. The normalized spacial score (nSPS) is 19.4. The molecule has 2 unspecified atom stereocenters. The van der Waals surface area contributed by atoms with Crippen LogP contribution in [-0.2, 0) is 19.1 Å². The van der Waals surface area contributed by atoms with Crippen molar-refractivity contribution in [3.8, 4) is 0 Å². The lowest BCUT2D eigenvalue weighted by molar-refractivity contribution is -0.144. The number of unbranched alkanes of at least 4 members (excludes halogenated alkanes) is 18. The number of hydrogen-bond donors (Lipinski definition) is 1. The molecule has 0 aromatic rings. The third kappa shape index (κ3) is 24.1. The van der Waals surface area contributed by atoms with E-state index in [9.17, 15) is 9.59 Å². The highest BCUT2D eigenvalue weighted by atomic mass is 16.5. The van der Waals surface area contributed by atoms with Gasteiger partial charge in [-0.1, -0.05) is 150 Å². The van der Waals surface area contributed by atoms with Gasteiger partial charge < -0.3 is 20.1 Å². The van der Waals surface area contributed by atoms with Crippen molar-refractivity contribution >= 4 is 11.9 Å². The van der Waals surface area contributed by atoms with Crippen molar-refractivity contribution in [3.63, 3.8) is 0 Å². The smallest absolute Gasteiger partial charge is 0.307 e. The monoisotopic (exact) mass is 651 g/mol. The van der Waals surface area contributed by atoms with E-state index in [0.29, 0.717) is 39.1 Å². The molecule has 0 saturated heterocycles. The largest absolute Gasteiger partial charge is 0.466 e. The third-order valence-corrected chi connectivity index (χ3v) is 9.87. The molecule has 1 saturated carbocycles. The van der Waals surface area contributed by atoms with Crippen LogP contribution in [0.2, 0.25) is 0 Å². The summed E-state index contributed by atoms with van der Waals surface area (Å²) in [7, 11) is 0. The lowest BCUT2D eigenvalue weighted by Gasteiger charge is -2.47. The highest BCUT2D eigenvalue weighted by molar-refractivity contribution is 5.70. The lowest BCUT2D eigenvalue weighted by Crippen LogP contribution is -2.48. The highest BCUT2D eigenvalue weighted by Crippen LogP contribution is 2.46. The Morgan fingerprint density at radius 2 is 0.978 bits per heavy atom. The molecule has 272 valence electrons. The number of nitrogens with zero attached hydrogens (tertiary/aromatic N) is 1. The highest BCUT2D eigenvalue weighted by Gasteiger charge is 2.41. The molecule has 0 aromatic carbocycles. The molecular weight excluding hydrogens is 572 g/mol. The number of esters is 2. The van der Waals surface area contributed by atoms with E-state index < -0.39 is 0 Å². The average Bonchev–Trinajstić information content (AvgIpc) is 2.98. The Morgan fingerprint density at radius 1 is 0.609 bits per heavy atom. The Morgan fingerprint density at radius 3 is 1.35 bits per heavy atom. The maximum absolute atomic E-state index is 12.6. The van der Waals surface area contributed by atoms with Gasteiger partial charge in [0.1, 0.15) is 0 Å². The quantitative estimate of drug-likeness (QED) is 0.0615. The van der Waals surface area contributed by atoms with Crippen LogP contribution >= 0.6 is 0 Å². The van der Waals surface area contributed by atoms with Gasteiger partial charge in [0.25, 0.3) is 0 Å². The number of carbonyl (C=O) groups is 2. The van der Waals surface area contributed by atoms with Crippen molar-refractivity contribution in [1.29, 1.82) is 0 Å². The molecule has 1 aliphatic rings. The summed E-state index contributed by atoms with van der Waals surface area (Å²) in [5.74, 6) is -0.259. The zero-order valence-corrected chi connectivity index (χ0v) is 31.4. The maximum atomic E-state index is 12.6. The minimum atomic E-state index is -0.129. The van der Waals surface area contributed by atoms with Gasteiger partial charge in [-0.25, -0.2) is 0 Å². The second-order valence-corrected chi connectivity index (χ2v) is 15.9. The first-order valence-electron chi connectivity index (χ1n) is 19.9. The molecule has 0 spiro atoms. The second kappa shape index (κ2) is 26.8. The van der Waals surface area contributed by atoms with Gasteiger partial charge in [0.2, 0.25) is 0 Å². The standard InChI is InChI=1S/C40H78N2O4/c1-6-8-10-12-14-16-18-20-22-24-30-45-37(43)26-28-42(35-40(5)33-36(41)32-39(3,4)34-40)29-27-38(44)46-31-25-23-21-19-17-15-13-11-9-7-2/h36H,6-35,41H2,1-5H3. The van der Waals surface area contributed by atoms with E-state index in [1.54, 1.807) is 0 Å². The molecule has 1 rings (SSSR count). The zero-order chi connectivity index (χ0) is 33.9. The van der Waals surface area contributed by atoms with E-state index in [4.69, 9.17) is 15.2 Å². The van der Waals surface area contributed by atoms with Gasteiger partial charge in [0.05, 0.1) is 26.1 Å². The molecule has 46 heavy (non-hydrogen) atoms. The minimum absolute atomic E-state index is 0.0565. The molecule has 1 aliphatic carbocycles. The van der Waals surface area contributed by atoms with Crippen LogP contribution < -0.4 is 5.73 Å². The lowest BCUT2D eigenvalue weighted by atomic mass is 9.62. The van der Waals surface area contributed by atoms with E-state index in [0.717, 1.165) is 51.5 Å². The Bertz CT molecular complexity index is 716. The van der Waals surface area contributed by atoms with Crippen molar-refractivity contribution in [1.82, 2.24) is 4.90 Å². The molecule has 0 aliphatic heterocycles. The molecule has 1 fully saturated rings. The van der Waals surface area contributed by atoms with Crippen LogP contribution in [0.5, 0.6) is 0 Å². The van der Waals surface area contributed by atoms with Gasteiger partial charge in [-0.3, -0.25) is 9.59 Å². The number of carbonyl (C=O) groups excluding carboxylic acids is 2. The van der Waals surface area contributed by atoms with E-state index in [1.807, 2.05) is 0 Å². The van der Waals surface area contributed by atoms with Gasteiger partial charge in [0, 0.05) is 25.7 Å². The van der Waals surface area contributed by atoms with E-state index >= 15 is 0 Å². The predicted octanol–water partition coefficient (Wildman–Crippen LogP) is 10.5. The van der Waals surface area contributed by atoms with E-state index in [2.05, 4.69) is 39.5 Å². The fourth-order valence-electron chi connectivity index (χ4n) is 7.84. The van der Waals surface area contributed by atoms with Gasteiger partial charge in [0.15, 0.2) is 0 Å². The molecule has 0 aromatic heterocycles. The Kier molecular flexibility index (Phi) is 25.0. The van der Waals surface area contributed by atoms with Crippen LogP contribution in [0, 0.1) is 10.8 Å². The summed E-state index contributed by atoms with van der Waals surface area (Å²) in [6, 6.07) is 0.188. The summed E-state index contributed by atoms with van der Waals surface area (Å²) >= 11 is 0. The van der Waals surface area contributed by atoms with Crippen LogP contribution in [0.4, 0.5) is 0 Å². The van der Waals surface area contributed by atoms with Gasteiger partial charge in [-0.2, -0.15) is 0 Å². The third-order valence-electron chi connectivity index (χ3n) is 9.87. The van der Waals surface area contributed by atoms with Crippen molar-refractivity contribution in [3.05, 3.63) is 0 Å². The molecule has 0 heterocycles. The first-order chi connectivity index (χ1) is 22.1. The van der Waals surface area contributed by atoms with Crippen LogP contribution in [-0.4, -0.2) is 55.7 Å². The molecule has 0 radical (unpaired) electrons. The summed E-state index contributed by atoms with van der Waals surface area (Å²) < 4.78 is 11.2. The first kappa shape index (κ1) is 42.9. The first-order valence-corrected chi connectivity index (χ1v) is 19.9. The van der Waals surface area contributed by atoms with E-state index in [1.165, 1.54) is 103 Å². The summed E-state index contributed by atoms with van der Waals surface area (Å²) in [6.07, 6.45) is 29.2. The van der Waals surface area contributed by atoms with Gasteiger partial charge >= 0.3 is 11.9 Å². The number of ether oxygens (including phenoxy) is 2. The van der Waals surface area contributed by atoms with Crippen LogP contribution in [0.15, 0.2) is 0 Å². The van der Waals surface area contributed by atoms with Gasteiger partial charge in [-0.15, -0.1) is 0 Å². The van der Waals surface area contributed by atoms with Crippen molar-refractivity contribution in [2.24, 2.45) is 16.6 Å². The van der Waals surface area contributed by atoms with Gasteiger partial charge in [-0.05, 0) is 42.9 Å². The molecule has 0 amide bonds. The summed E-state index contributed by atoms with van der Waals surface area (Å²) in [4.78, 5) is 27.6. The second-order valence-electron chi connectivity index (χ2n) is 15.9. The summed E-state index contributed by atoms with van der Waals surface area (Å²) in [5.41, 5.74) is 6.75. The Balaban J connectivity index is 2.36. The Hall–Kier alpha value is -1.14. The fraction of sp³-hybridized carbons (Fsp3) is 0.950. The summed E-state index contributed by atoms with van der Waals surface area (Å²) in [5, 5.41) is 0. The zero-order valence-electron chi connectivity index (χ0n) is 31.4. The topological polar surface area (TPSA) is 81.9 Å². The molecule has 0 bridgehead atoms. The summed E-state index contributed by atoms with van der Waals surface area (Å²) in [6.45, 7) is 14.5. The van der Waals surface area contributed by atoms with Crippen molar-refractivity contribution in [2.75, 3.05) is 32.8 Å². The fourth-order valence-corrected chi connectivity index (χ4v) is 7.84. The van der Waals surface area contributed by atoms with Crippen LogP contribution in [0.25, 0.3) is 0 Å². The average molecular weight is 651 g/mol. The Labute approximate surface area is 286 Å². The predicted molar refractivity (Wildman–Crippen MR) is 195 cm³/mol. The van der Waals surface area contributed by atoms with Crippen molar-refractivity contribution < 1.29 is 19.1 Å². The van der Waals surface area contributed by atoms with Crippen LogP contribution in [0.1, 0.15) is 195 Å². The molecule has 6 heteroatoms. The molecule has 6 nitrogen and oxygen atoms in total. The molecule has 2 atom stereocenters. The number of nitrogens with two attached hydrogens (primary N) is 1. The molecule has 2 N–H and O–H groups in total.